The van der Waals surface area contributed by atoms with E-state index in [4.69, 9.17) is 0 Å². The summed E-state index contributed by atoms with van der Waals surface area (Å²) in [4.78, 5) is 0. The van der Waals surface area contributed by atoms with Crippen molar-refractivity contribution in [2.75, 3.05) is 0 Å². The van der Waals surface area contributed by atoms with Crippen molar-refractivity contribution in [3.63, 3.8) is 0 Å². The van der Waals surface area contributed by atoms with E-state index >= 15 is 0 Å². The van der Waals surface area contributed by atoms with Crippen LogP contribution in [0.1, 0.15) is 35.6 Å². The first-order chi connectivity index (χ1) is 5.54. The fourth-order valence-corrected chi connectivity index (χ4v) is 1.13. The third-order valence-corrected chi connectivity index (χ3v) is 2.18. The molecule has 0 aliphatic rings. The first-order valence-electron chi connectivity index (χ1n) is 4.53. The average molecular weight is 316 g/mol. The van der Waals surface area contributed by atoms with Crippen molar-refractivity contribution in [3.05, 3.63) is 35.2 Å². The Labute approximate surface area is 124 Å². The van der Waals surface area contributed by atoms with E-state index in [0.29, 0.717) is 0 Å². The van der Waals surface area contributed by atoms with Crippen molar-refractivity contribution >= 4 is 0 Å². The van der Waals surface area contributed by atoms with Crippen LogP contribution in [0.3, 0.4) is 0 Å². The molecule has 0 atom stereocenters. The first kappa shape index (κ1) is 16.4. The number of rotatable bonds is 0. The van der Waals surface area contributed by atoms with Crippen molar-refractivity contribution in [1.29, 1.82) is 0 Å². The molecule has 0 spiro atoms. The maximum absolute atomic E-state index is 3.49. The van der Waals surface area contributed by atoms with Crippen molar-refractivity contribution in [1.82, 2.24) is 0 Å². The van der Waals surface area contributed by atoms with Crippen LogP contribution in [0.2, 0.25) is 0 Å². The van der Waals surface area contributed by atoms with Gasteiger partial charge in [-0.25, -0.2) is 0 Å². The van der Waals surface area contributed by atoms with E-state index in [9.17, 15) is 0 Å². The Balaban J connectivity index is 0. The zero-order valence-electron chi connectivity index (χ0n) is 9.37. The Morgan fingerprint density at radius 2 is 1.23 bits per heavy atom. The second-order valence-corrected chi connectivity index (χ2v) is 3.26. The predicted molar refractivity (Wildman–Crippen MR) is 56.6 cm³/mol. The molecule has 0 heterocycles. The fourth-order valence-electron chi connectivity index (χ4n) is 1.13. The molecule has 0 amide bonds. The van der Waals surface area contributed by atoms with Crippen LogP contribution in [0.15, 0.2) is 6.07 Å². The molecule has 0 N–H and O–H groups in total. The van der Waals surface area contributed by atoms with Crippen molar-refractivity contribution < 1.29 is 49.4 Å². The van der Waals surface area contributed by atoms with Gasteiger partial charge in [0, 0.05) is 0 Å². The van der Waals surface area contributed by atoms with Crippen LogP contribution in [0.4, 0.5) is 0 Å². The SMILES string of the molecule is Cc1[cH-]c(C)c(C)c1C.[CH2-]CC.[Eu+2]. The maximum Gasteiger partial charge on any atom is 2.00 e. The molecule has 0 fully saturated rings. The Hall–Kier alpha value is 0.934. The fraction of sp³-hybridized carbons (Fsp3) is 0.500. The third-order valence-electron chi connectivity index (χ3n) is 2.18. The van der Waals surface area contributed by atoms with E-state index in [1.165, 1.54) is 22.3 Å². The molecular weight excluding hydrogens is 296 g/mol. The van der Waals surface area contributed by atoms with Crippen LogP contribution < -0.4 is 0 Å². The molecule has 1 radical (unpaired) electrons. The minimum absolute atomic E-state index is 0. The zero-order chi connectivity index (χ0) is 9.72. The summed E-state index contributed by atoms with van der Waals surface area (Å²) in [5.41, 5.74) is 5.75. The van der Waals surface area contributed by atoms with E-state index in [1.807, 2.05) is 6.92 Å². The summed E-state index contributed by atoms with van der Waals surface area (Å²) in [5.74, 6) is 0. The Kier molecular flexibility index (Phi) is 10.4. The van der Waals surface area contributed by atoms with Gasteiger partial charge in [-0.05, 0) is 0 Å². The summed E-state index contributed by atoms with van der Waals surface area (Å²) in [5, 5.41) is 0. The second-order valence-electron chi connectivity index (χ2n) is 3.26. The average Bonchev–Trinajstić information content (AvgIpc) is 2.20. The van der Waals surface area contributed by atoms with Gasteiger partial charge in [0.25, 0.3) is 0 Å². The predicted octanol–water partition coefficient (Wildman–Crippen LogP) is 3.87. The van der Waals surface area contributed by atoms with Crippen LogP contribution in [0.25, 0.3) is 0 Å². The topological polar surface area (TPSA) is 0 Å². The molecule has 0 unspecified atom stereocenters. The van der Waals surface area contributed by atoms with Gasteiger partial charge in [-0.15, -0.1) is 0 Å². The maximum atomic E-state index is 3.49. The number of aryl methyl sites for hydroxylation is 2. The quantitative estimate of drug-likeness (QED) is 0.638. The van der Waals surface area contributed by atoms with Crippen molar-refractivity contribution in [3.8, 4) is 0 Å². The summed E-state index contributed by atoms with van der Waals surface area (Å²) < 4.78 is 0. The van der Waals surface area contributed by atoms with E-state index in [-0.39, 0.29) is 49.4 Å². The first-order valence-corrected chi connectivity index (χ1v) is 4.53. The Morgan fingerprint density at radius 3 is 1.31 bits per heavy atom. The van der Waals surface area contributed by atoms with Crippen LogP contribution in [0, 0.1) is 84.0 Å². The second kappa shape index (κ2) is 8.26. The molecule has 0 aromatic heterocycles. The summed E-state index contributed by atoms with van der Waals surface area (Å²) in [6.45, 7) is 14.2. The zero-order valence-corrected chi connectivity index (χ0v) is 11.8. The van der Waals surface area contributed by atoms with Gasteiger partial charge < -0.3 is 6.92 Å². The van der Waals surface area contributed by atoms with Crippen LogP contribution >= 0.6 is 0 Å². The van der Waals surface area contributed by atoms with Gasteiger partial charge >= 0.3 is 49.4 Å². The molecule has 0 saturated heterocycles. The Morgan fingerprint density at radius 1 is 1.00 bits per heavy atom. The Bertz CT molecular complexity index is 211. The molecular formula is C12H20Eu. The molecule has 1 rings (SSSR count). The number of hydrogen-bond acceptors (Lipinski definition) is 0. The monoisotopic (exact) mass is 317 g/mol. The van der Waals surface area contributed by atoms with Gasteiger partial charge in [-0.2, -0.15) is 34.7 Å². The molecule has 75 valence electrons. The number of hydrogen-bond donors (Lipinski definition) is 0. The van der Waals surface area contributed by atoms with E-state index in [1.54, 1.807) is 0 Å². The third kappa shape index (κ3) is 5.39. The molecule has 13 heavy (non-hydrogen) atoms. The summed E-state index contributed by atoms with van der Waals surface area (Å²) in [6, 6.07) is 2.24. The largest absolute Gasteiger partial charge is 2.00 e. The summed E-state index contributed by atoms with van der Waals surface area (Å²) >= 11 is 0. The summed E-state index contributed by atoms with van der Waals surface area (Å²) in [7, 11) is 0. The van der Waals surface area contributed by atoms with Gasteiger partial charge in [-0.1, -0.05) is 34.6 Å². The molecule has 1 aromatic rings. The van der Waals surface area contributed by atoms with Gasteiger partial charge in [0.05, 0.1) is 0 Å². The van der Waals surface area contributed by atoms with Gasteiger partial charge in [0.15, 0.2) is 0 Å². The molecule has 0 bridgehead atoms. The summed E-state index contributed by atoms with van der Waals surface area (Å²) in [6.07, 6.45) is 1.00. The van der Waals surface area contributed by atoms with E-state index in [2.05, 4.69) is 40.7 Å². The molecule has 0 saturated carbocycles. The van der Waals surface area contributed by atoms with E-state index in [0.717, 1.165) is 6.42 Å². The molecule has 0 aliphatic carbocycles. The molecule has 1 heteroatoms. The van der Waals surface area contributed by atoms with E-state index < -0.39 is 0 Å². The standard InChI is InChI=1S/C9H13.C3H7.Eu/c1-6-5-7(2)9(4)8(6)3;1-3-2;/h5H,1-4H3;1,3H2,2H3;/q2*-1;+2. The molecule has 0 nitrogen and oxygen atoms in total. The van der Waals surface area contributed by atoms with Crippen LogP contribution in [-0.4, -0.2) is 0 Å². The minimum Gasteiger partial charge on any atom is -0.344 e. The van der Waals surface area contributed by atoms with Gasteiger partial charge in [0.2, 0.25) is 0 Å². The van der Waals surface area contributed by atoms with Crippen molar-refractivity contribution in [2.24, 2.45) is 0 Å². The minimum atomic E-state index is 0. The smallest absolute Gasteiger partial charge is 0.344 e. The van der Waals surface area contributed by atoms with Crippen LogP contribution in [-0.2, 0) is 0 Å². The van der Waals surface area contributed by atoms with Gasteiger partial charge in [0.1, 0.15) is 0 Å². The van der Waals surface area contributed by atoms with Gasteiger partial charge in [-0.3, -0.25) is 0 Å². The normalized spacial score (nSPS) is 8.46. The van der Waals surface area contributed by atoms with Crippen LogP contribution in [0.5, 0.6) is 0 Å². The molecule has 0 aliphatic heterocycles. The molecule has 1 aromatic carbocycles. The van der Waals surface area contributed by atoms with Crippen molar-refractivity contribution in [2.45, 2.75) is 41.0 Å².